The van der Waals surface area contributed by atoms with E-state index in [1.807, 2.05) is 32.5 Å². The number of carbonyl (C=O) groups excluding carboxylic acids is 2. The molecule has 0 radical (unpaired) electrons. The Kier molecular flexibility index (Phi) is 19.5. The SMILES string of the molecule is CCCCCCCCCCCCN1C(=O)C2=C(c3ccc(-c4cc5c(ccc6c7cc(CCCC)c8c9cc(C)sc9ccc8c7cc(CCCC)c56)s4)s3)N(CCCCCCCCCCCC)C(=O)C2=C1c1ccc(C)s1. The summed E-state index contributed by atoms with van der Waals surface area (Å²) >= 11 is 7.26. The van der Waals surface area contributed by atoms with Crippen molar-refractivity contribution < 1.29 is 9.59 Å². The molecule has 2 aliphatic rings. The number of fused-ring (bicyclic) bond motifs is 10. The van der Waals surface area contributed by atoms with Gasteiger partial charge in [0.25, 0.3) is 11.8 Å². The van der Waals surface area contributed by atoms with Crippen LogP contribution in [0.25, 0.3) is 73.6 Å². The lowest BCUT2D eigenvalue weighted by Crippen LogP contribution is -2.30. The first kappa shape index (κ1) is 56.7. The molecule has 0 spiro atoms. The molecule has 412 valence electrons. The molecule has 10 rings (SSSR count). The molecule has 2 aliphatic heterocycles. The molecule has 4 aromatic carbocycles. The van der Waals surface area contributed by atoms with Gasteiger partial charge in [-0.3, -0.25) is 9.59 Å². The van der Waals surface area contributed by atoms with Gasteiger partial charge in [0.15, 0.2) is 0 Å². The first-order valence-corrected chi connectivity index (χ1v) is 34.1. The summed E-state index contributed by atoms with van der Waals surface area (Å²) in [4.78, 5) is 41.6. The van der Waals surface area contributed by atoms with Crippen molar-refractivity contribution in [3.05, 3.63) is 115 Å². The zero-order valence-electron chi connectivity index (χ0n) is 48.1. The number of aryl methyl sites for hydroxylation is 4. The molecular formula is C70H86N2O2S4. The fourth-order valence-corrected chi connectivity index (χ4v) is 16.9. The third kappa shape index (κ3) is 12.0. The van der Waals surface area contributed by atoms with E-state index in [0.29, 0.717) is 24.2 Å². The van der Waals surface area contributed by atoms with Crippen molar-refractivity contribution >= 4 is 121 Å². The number of hydrogen-bond acceptors (Lipinski definition) is 6. The number of hydrogen-bond donors (Lipinski definition) is 0. The Morgan fingerprint density at radius 3 is 1.24 bits per heavy atom. The van der Waals surface area contributed by atoms with Crippen LogP contribution in [0.3, 0.4) is 0 Å². The quantitative estimate of drug-likeness (QED) is 0.0321. The number of rotatable bonds is 31. The van der Waals surface area contributed by atoms with Gasteiger partial charge < -0.3 is 9.80 Å². The Morgan fingerprint density at radius 1 is 0.346 bits per heavy atom. The minimum Gasteiger partial charge on any atom is -0.306 e. The molecule has 0 bridgehead atoms. The summed E-state index contributed by atoms with van der Waals surface area (Å²) in [5.41, 5.74) is 5.86. The summed E-state index contributed by atoms with van der Waals surface area (Å²) in [6, 6.07) is 28.4. The summed E-state index contributed by atoms with van der Waals surface area (Å²) in [6.07, 6.45) is 31.6. The zero-order chi connectivity index (χ0) is 54.1. The highest BCUT2D eigenvalue weighted by Gasteiger charge is 2.49. The Morgan fingerprint density at radius 2 is 0.769 bits per heavy atom. The van der Waals surface area contributed by atoms with E-state index in [1.54, 1.807) is 22.7 Å². The topological polar surface area (TPSA) is 40.6 Å². The lowest BCUT2D eigenvalue weighted by molar-refractivity contribution is -0.124. The van der Waals surface area contributed by atoms with E-state index in [1.165, 1.54) is 199 Å². The van der Waals surface area contributed by atoms with Gasteiger partial charge in [-0.15, -0.1) is 45.3 Å². The van der Waals surface area contributed by atoms with Gasteiger partial charge in [0, 0.05) is 52.8 Å². The molecule has 2 amide bonds. The van der Waals surface area contributed by atoms with Crippen LogP contribution in [0.1, 0.15) is 212 Å². The second kappa shape index (κ2) is 26.8. The average molecular weight is 1120 g/mol. The van der Waals surface area contributed by atoms with E-state index in [9.17, 15) is 0 Å². The van der Waals surface area contributed by atoms with Gasteiger partial charge in [0.05, 0.1) is 32.3 Å². The van der Waals surface area contributed by atoms with Crippen LogP contribution in [0.4, 0.5) is 0 Å². The molecule has 0 aliphatic carbocycles. The summed E-state index contributed by atoms with van der Waals surface area (Å²) in [5, 5.41) is 11.1. The second-order valence-corrected chi connectivity index (χ2v) is 27.7. The number of thiophene rings is 4. The number of unbranched alkanes of at least 4 members (excludes halogenated alkanes) is 20. The fraction of sp³-hybridized carbons (Fsp3) is 0.486. The van der Waals surface area contributed by atoms with Crippen LogP contribution < -0.4 is 0 Å². The molecule has 6 heterocycles. The van der Waals surface area contributed by atoms with Gasteiger partial charge in [-0.1, -0.05) is 168 Å². The van der Waals surface area contributed by atoms with Gasteiger partial charge >= 0.3 is 0 Å². The monoisotopic (exact) mass is 1110 g/mol. The Balaban J connectivity index is 1.00. The molecule has 8 heteroatoms. The van der Waals surface area contributed by atoms with Crippen LogP contribution in [0.2, 0.25) is 0 Å². The first-order valence-electron chi connectivity index (χ1n) is 30.8. The van der Waals surface area contributed by atoms with Crippen molar-refractivity contribution in [1.29, 1.82) is 0 Å². The summed E-state index contributed by atoms with van der Waals surface area (Å²) in [5.74, 6) is 0.0120. The van der Waals surface area contributed by atoms with E-state index in [2.05, 4.69) is 114 Å². The van der Waals surface area contributed by atoms with Crippen molar-refractivity contribution in [3.8, 4) is 9.75 Å². The molecule has 0 saturated carbocycles. The zero-order valence-corrected chi connectivity index (χ0v) is 51.3. The number of carbonyl (C=O) groups is 2. The van der Waals surface area contributed by atoms with Crippen LogP contribution >= 0.6 is 45.3 Å². The third-order valence-corrected chi connectivity index (χ3v) is 21.4. The van der Waals surface area contributed by atoms with Crippen molar-refractivity contribution in [2.75, 3.05) is 13.1 Å². The van der Waals surface area contributed by atoms with Crippen molar-refractivity contribution in [2.45, 2.75) is 208 Å². The van der Waals surface area contributed by atoms with Gasteiger partial charge in [-0.2, -0.15) is 0 Å². The van der Waals surface area contributed by atoms with E-state index >= 15 is 9.59 Å². The van der Waals surface area contributed by atoms with Crippen molar-refractivity contribution in [1.82, 2.24) is 9.80 Å². The molecule has 78 heavy (non-hydrogen) atoms. The van der Waals surface area contributed by atoms with Crippen molar-refractivity contribution in [3.63, 3.8) is 0 Å². The largest absolute Gasteiger partial charge is 0.306 e. The van der Waals surface area contributed by atoms with Crippen molar-refractivity contribution in [2.24, 2.45) is 0 Å². The van der Waals surface area contributed by atoms with Gasteiger partial charge in [0.2, 0.25) is 0 Å². The van der Waals surface area contributed by atoms with Crippen LogP contribution in [-0.4, -0.2) is 34.7 Å². The Labute approximate surface area is 483 Å². The van der Waals surface area contributed by atoms with Gasteiger partial charge in [-0.05, 0) is 156 Å². The molecule has 0 unspecified atom stereocenters. The van der Waals surface area contributed by atoms with Gasteiger partial charge in [0.1, 0.15) is 0 Å². The molecule has 4 aromatic heterocycles. The lowest BCUT2D eigenvalue weighted by Gasteiger charge is -2.24. The van der Waals surface area contributed by atoms with E-state index < -0.39 is 0 Å². The second-order valence-electron chi connectivity index (χ2n) is 22.9. The number of amides is 2. The van der Waals surface area contributed by atoms with E-state index in [0.717, 1.165) is 72.5 Å². The van der Waals surface area contributed by atoms with Crippen LogP contribution in [0.5, 0.6) is 0 Å². The molecule has 4 nitrogen and oxygen atoms in total. The van der Waals surface area contributed by atoms with Crippen LogP contribution in [0, 0.1) is 13.8 Å². The molecule has 0 N–H and O–H groups in total. The summed E-state index contributed by atoms with van der Waals surface area (Å²) in [6.45, 7) is 14.8. The Hall–Kier alpha value is -4.60. The fourth-order valence-electron chi connectivity index (χ4n) is 12.8. The van der Waals surface area contributed by atoms with Crippen LogP contribution in [0.15, 0.2) is 83.9 Å². The maximum absolute atomic E-state index is 15.3. The predicted molar refractivity (Wildman–Crippen MR) is 345 cm³/mol. The normalized spacial score (nSPS) is 14.1. The maximum Gasteiger partial charge on any atom is 0.261 e. The molecule has 0 saturated heterocycles. The van der Waals surface area contributed by atoms with E-state index in [4.69, 9.17) is 0 Å². The highest BCUT2D eigenvalue weighted by atomic mass is 32.1. The number of benzene rings is 4. The minimum absolute atomic E-state index is 0.00602. The Bertz CT molecular complexity index is 3460. The molecule has 8 aromatic rings. The summed E-state index contributed by atoms with van der Waals surface area (Å²) in [7, 11) is 0. The molecule has 0 fully saturated rings. The third-order valence-electron chi connectivity index (χ3n) is 17.0. The minimum atomic E-state index is 0.00602. The molecule has 0 atom stereocenters. The highest BCUT2D eigenvalue weighted by molar-refractivity contribution is 7.26. The molecular weight excluding hydrogens is 1030 g/mol. The summed E-state index contributed by atoms with van der Waals surface area (Å²) < 4.78 is 2.69. The predicted octanol–water partition coefficient (Wildman–Crippen LogP) is 22.3. The van der Waals surface area contributed by atoms with E-state index in [-0.39, 0.29) is 11.8 Å². The maximum atomic E-state index is 15.3. The average Bonchev–Trinajstić information content (AvgIpc) is 4.41. The van der Waals surface area contributed by atoms with Crippen LogP contribution in [-0.2, 0) is 22.4 Å². The first-order chi connectivity index (χ1) is 38.2. The number of nitrogens with zero attached hydrogens (tertiary/aromatic N) is 2. The smallest absolute Gasteiger partial charge is 0.261 e. The standard InChI is InChI=1S/C70H86N2O2S4/c1-7-11-15-17-19-21-23-25-27-29-41-71-67(60-36-33-47(5)75-60)65-66(70(71)74)68(72(69(65)73)42-30-28-26-24-22-20-18-16-12-8-2)61-40-39-59(78-61)62-46-56-58(77-62)38-35-52-54-44-49(31-13-9-3)63-51(34-37-57-55(63)43-48(6)76-57)53(54)45-50(64(52)56)32-14-10-4/h33-40,43-46H,7-32,41-42H2,1-6H3. The van der Waals surface area contributed by atoms with Gasteiger partial charge in [-0.25, -0.2) is 0 Å². The lowest BCUT2D eigenvalue weighted by atomic mass is 9.87. The highest BCUT2D eigenvalue weighted by Crippen LogP contribution is 2.51.